The molecular formula is C15H19F3N2O3. The molecule has 1 aromatic carbocycles. The molecule has 0 spiro atoms. The monoisotopic (exact) mass is 332 g/mol. The Kier molecular flexibility index (Phi) is 4.91. The summed E-state index contributed by atoms with van der Waals surface area (Å²) in [6.45, 7) is 2.86. The molecule has 23 heavy (non-hydrogen) atoms. The maximum Gasteiger partial charge on any atom is 0.573 e. The summed E-state index contributed by atoms with van der Waals surface area (Å²) in [5.41, 5.74) is 0.764. The molecule has 0 saturated carbocycles. The van der Waals surface area contributed by atoms with Gasteiger partial charge in [0, 0.05) is 31.9 Å². The van der Waals surface area contributed by atoms with Gasteiger partial charge in [0.1, 0.15) is 5.75 Å². The van der Waals surface area contributed by atoms with Crippen LogP contribution in [-0.2, 0) is 0 Å². The number of likely N-dealkylation sites (tertiary alicyclic amines) is 1. The fraction of sp³-hybridized carbons (Fsp3) is 0.533. The number of ether oxygens (including phenoxy) is 1. The van der Waals surface area contributed by atoms with Crippen molar-refractivity contribution in [3.8, 4) is 5.75 Å². The minimum Gasteiger partial charge on any atom is -0.465 e. The second kappa shape index (κ2) is 6.55. The second-order valence-electron chi connectivity index (χ2n) is 5.71. The number of halogens is 3. The summed E-state index contributed by atoms with van der Waals surface area (Å²) in [5, 5.41) is 9.03. The summed E-state index contributed by atoms with van der Waals surface area (Å²) in [6.07, 6.45) is -4.96. The first-order valence-electron chi connectivity index (χ1n) is 7.24. The predicted octanol–water partition coefficient (Wildman–Crippen LogP) is 3.41. The summed E-state index contributed by atoms with van der Waals surface area (Å²) in [4.78, 5) is 14.4. The van der Waals surface area contributed by atoms with Crippen molar-refractivity contribution in [1.29, 1.82) is 0 Å². The van der Waals surface area contributed by atoms with Gasteiger partial charge >= 0.3 is 12.5 Å². The van der Waals surface area contributed by atoms with Crippen molar-refractivity contribution in [3.63, 3.8) is 0 Å². The van der Waals surface area contributed by atoms with E-state index in [1.54, 1.807) is 12.1 Å². The molecule has 1 N–H and O–H groups in total. The minimum absolute atomic E-state index is 0.121. The third-order valence-electron chi connectivity index (χ3n) is 4.11. The Morgan fingerprint density at radius 3 is 2.43 bits per heavy atom. The van der Waals surface area contributed by atoms with E-state index in [9.17, 15) is 18.0 Å². The molecule has 2 rings (SSSR count). The van der Waals surface area contributed by atoms with Crippen LogP contribution in [0.5, 0.6) is 5.75 Å². The van der Waals surface area contributed by atoms with Crippen LogP contribution in [0.1, 0.15) is 13.3 Å². The Labute approximate surface area is 132 Å². The van der Waals surface area contributed by atoms with E-state index in [1.807, 2.05) is 18.9 Å². The minimum atomic E-state index is -4.70. The van der Waals surface area contributed by atoms with Crippen LogP contribution in [0.4, 0.5) is 23.7 Å². The maximum absolute atomic E-state index is 12.2. The van der Waals surface area contributed by atoms with Gasteiger partial charge in [-0.25, -0.2) is 4.79 Å². The fourth-order valence-corrected chi connectivity index (χ4v) is 2.96. The number of carboxylic acid groups (broad SMARTS) is 1. The highest BCUT2D eigenvalue weighted by Gasteiger charge is 2.32. The van der Waals surface area contributed by atoms with Gasteiger partial charge in [0.05, 0.1) is 0 Å². The average Bonchev–Trinajstić information content (AvgIpc) is 2.45. The van der Waals surface area contributed by atoms with Crippen LogP contribution in [0, 0.1) is 5.92 Å². The van der Waals surface area contributed by atoms with Gasteiger partial charge in [0.2, 0.25) is 0 Å². The summed E-state index contributed by atoms with van der Waals surface area (Å²) >= 11 is 0. The molecule has 1 aliphatic rings. The molecule has 1 amide bonds. The van der Waals surface area contributed by atoms with Crippen molar-refractivity contribution in [2.45, 2.75) is 25.7 Å². The van der Waals surface area contributed by atoms with Crippen molar-refractivity contribution in [1.82, 2.24) is 4.90 Å². The Balaban J connectivity index is 2.03. The lowest BCUT2D eigenvalue weighted by Crippen LogP contribution is -2.50. The van der Waals surface area contributed by atoms with Gasteiger partial charge in [0.25, 0.3) is 0 Å². The SMILES string of the molecule is C[C@H]1CN(C(=O)O)CC[C@H]1N(C)c1ccc(OC(F)(F)F)cc1. The summed E-state index contributed by atoms with van der Waals surface area (Å²) in [6, 6.07) is 5.81. The lowest BCUT2D eigenvalue weighted by molar-refractivity contribution is -0.274. The number of nitrogens with zero attached hydrogens (tertiary/aromatic N) is 2. The van der Waals surface area contributed by atoms with Crippen molar-refractivity contribution in [2.75, 3.05) is 25.0 Å². The van der Waals surface area contributed by atoms with Crippen LogP contribution in [0.25, 0.3) is 0 Å². The van der Waals surface area contributed by atoms with Crippen LogP contribution in [-0.4, -0.2) is 48.6 Å². The van der Waals surface area contributed by atoms with E-state index in [1.165, 1.54) is 17.0 Å². The van der Waals surface area contributed by atoms with E-state index in [-0.39, 0.29) is 17.7 Å². The zero-order valence-electron chi connectivity index (χ0n) is 12.9. The standard InChI is InChI=1S/C15H19F3N2O3/c1-10-9-20(14(21)22)8-7-13(10)19(2)11-3-5-12(6-4-11)23-15(16,17)18/h3-6,10,13H,7-9H2,1-2H3,(H,21,22)/t10-,13+/m0/s1. The Hall–Kier alpha value is -2.12. The van der Waals surface area contributed by atoms with Gasteiger partial charge in [-0.2, -0.15) is 0 Å². The molecule has 1 aliphatic heterocycles. The van der Waals surface area contributed by atoms with Crippen LogP contribution in [0.15, 0.2) is 24.3 Å². The number of amides is 1. The Morgan fingerprint density at radius 2 is 1.96 bits per heavy atom. The summed E-state index contributed by atoms with van der Waals surface area (Å²) < 4.78 is 40.3. The van der Waals surface area contributed by atoms with Crippen molar-refractivity contribution >= 4 is 11.8 Å². The number of benzene rings is 1. The molecule has 8 heteroatoms. The van der Waals surface area contributed by atoms with Gasteiger partial charge in [0.15, 0.2) is 0 Å². The number of alkyl halides is 3. The van der Waals surface area contributed by atoms with Gasteiger partial charge in [-0.1, -0.05) is 6.92 Å². The molecule has 1 saturated heterocycles. The van der Waals surface area contributed by atoms with Crippen molar-refractivity contribution < 1.29 is 27.8 Å². The number of piperidine rings is 1. The van der Waals surface area contributed by atoms with E-state index in [0.717, 1.165) is 5.69 Å². The van der Waals surface area contributed by atoms with Crippen LogP contribution < -0.4 is 9.64 Å². The maximum atomic E-state index is 12.2. The van der Waals surface area contributed by atoms with Crippen LogP contribution in [0.3, 0.4) is 0 Å². The quantitative estimate of drug-likeness (QED) is 0.922. The average molecular weight is 332 g/mol. The molecule has 0 aliphatic carbocycles. The molecule has 128 valence electrons. The van der Waals surface area contributed by atoms with Gasteiger partial charge in [-0.15, -0.1) is 13.2 Å². The Morgan fingerprint density at radius 1 is 1.35 bits per heavy atom. The first-order valence-corrected chi connectivity index (χ1v) is 7.24. The molecule has 0 bridgehead atoms. The second-order valence-corrected chi connectivity index (χ2v) is 5.71. The number of carbonyl (C=O) groups is 1. The van der Waals surface area contributed by atoms with E-state index < -0.39 is 12.5 Å². The number of hydrogen-bond donors (Lipinski definition) is 1. The summed E-state index contributed by atoms with van der Waals surface area (Å²) in [5.74, 6) is -0.139. The third-order valence-corrected chi connectivity index (χ3v) is 4.11. The zero-order valence-corrected chi connectivity index (χ0v) is 12.9. The van der Waals surface area contributed by atoms with E-state index >= 15 is 0 Å². The molecule has 1 fully saturated rings. The molecular weight excluding hydrogens is 313 g/mol. The largest absolute Gasteiger partial charge is 0.573 e. The molecule has 2 atom stereocenters. The van der Waals surface area contributed by atoms with Gasteiger partial charge < -0.3 is 19.6 Å². The van der Waals surface area contributed by atoms with E-state index in [0.29, 0.717) is 19.5 Å². The molecule has 0 radical (unpaired) electrons. The highest BCUT2D eigenvalue weighted by molar-refractivity contribution is 5.65. The molecule has 5 nitrogen and oxygen atoms in total. The van der Waals surface area contributed by atoms with Gasteiger partial charge in [-0.3, -0.25) is 0 Å². The van der Waals surface area contributed by atoms with Gasteiger partial charge in [-0.05, 0) is 36.6 Å². The number of rotatable bonds is 3. The van der Waals surface area contributed by atoms with Crippen LogP contribution in [0.2, 0.25) is 0 Å². The summed E-state index contributed by atoms with van der Waals surface area (Å²) in [7, 11) is 1.86. The molecule has 1 aromatic rings. The Bertz CT molecular complexity index is 548. The highest BCUT2D eigenvalue weighted by atomic mass is 19.4. The lowest BCUT2D eigenvalue weighted by Gasteiger charge is -2.41. The van der Waals surface area contributed by atoms with Crippen molar-refractivity contribution in [3.05, 3.63) is 24.3 Å². The third kappa shape index (κ3) is 4.43. The number of hydrogen-bond acceptors (Lipinski definition) is 3. The first kappa shape index (κ1) is 17.2. The highest BCUT2D eigenvalue weighted by Crippen LogP contribution is 2.29. The molecule has 0 aromatic heterocycles. The first-order chi connectivity index (χ1) is 10.7. The van der Waals surface area contributed by atoms with Crippen molar-refractivity contribution in [2.24, 2.45) is 5.92 Å². The topological polar surface area (TPSA) is 53.0 Å². The van der Waals surface area contributed by atoms with Crippen LogP contribution >= 0.6 is 0 Å². The number of anilines is 1. The van der Waals surface area contributed by atoms with E-state index in [4.69, 9.17) is 5.11 Å². The zero-order chi connectivity index (χ0) is 17.2. The predicted molar refractivity (Wildman–Crippen MR) is 78.7 cm³/mol. The fourth-order valence-electron chi connectivity index (χ4n) is 2.96. The smallest absolute Gasteiger partial charge is 0.465 e. The lowest BCUT2D eigenvalue weighted by atomic mass is 9.92. The molecule has 1 heterocycles. The normalized spacial score (nSPS) is 21.9. The van der Waals surface area contributed by atoms with E-state index in [2.05, 4.69) is 4.74 Å². The molecule has 0 unspecified atom stereocenters.